The summed E-state index contributed by atoms with van der Waals surface area (Å²) in [7, 11) is -3.52. The fourth-order valence-corrected chi connectivity index (χ4v) is 4.04. The van der Waals surface area contributed by atoms with Crippen molar-refractivity contribution in [3.05, 3.63) is 53.6 Å². The van der Waals surface area contributed by atoms with Crippen LogP contribution >= 0.6 is 11.6 Å². The van der Waals surface area contributed by atoms with Crippen molar-refractivity contribution in [3.63, 3.8) is 0 Å². The Hall–Kier alpha value is -1.60. The van der Waals surface area contributed by atoms with Crippen molar-refractivity contribution in [1.82, 2.24) is 10.0 Å². The van der Waals surface area contributed by atoms with Gasteiger partial charge in [-0.15, -0.1) is 0 Å². The molecule has 1 aliphatic rings. The van der Waals surface area contributed by atoms with Crippen LogP contribution in [0.15, 0.2) is 53.4 Å². The molecule has 1 aliphatic heterocycles. The van der Waals surface area contributed by atoms with E-state index in [1.807, 2.05) is 12.1 Å². The molecule has 2 aromatic rings. The molecule has 0 radical (unpaired) electrons. The van der Waals surface area contributed by atoms with Crippen LogP contribution in [0, 0.1) is 5.92 Å². The summed E-state index contributed by atoms with van der Waals surface area (Å²) in [5, 5.41) is 3.79. The van der Waals surface area contributed by atoms with Gasteiger partial charge in [0.2, 0.25) is 10.0 Å². The van der Waals surface area contributed by atoms with Crippen molar-refractivity contribution >= 4 is 21.6 Å². The van der Waals surface area contributed by atoms with E-state index in [1.54, 1.807) is 24.3 Å². The smallest absolute Gasteiger partial charge is 0.240 e. The summed E-state index contributed by atoms with van der Waals surface area (Å²) in [6, 6.07) is 13.5. The Morgan fingerprint density at radius 1 is 1.16 bits per heavy atom. The molecule has 3 rings (SSSR count). The highest BCUT2D eigenvalue weighted by molar-refractivity contribution is 7.89. The van der Waals surface area contributed by atoms with Gasteiger partial charge in [-0.1, -0.05) is 23.7 Å². The van der Waals surface area contributed by atoms with E-state index in [1.165, 1.54) is 12.1 Å². The molecule has 25 heavy (non-hydrogen) atoms. The number of sulfonamides is 1. The fraction of sp³-hybridized carbons (Fsp3) is 0.333. The van der Waals surface area contributed by atoms with E-state index < -0.39 is 10.0 Å². The Kier molecular flexibility index (Phi) is 5.96. The number of piperidine rings is 1. The highest BCUT2D eigenvalue weighted by Gasteiger charge is 2.18. The summed E-state index contributed by atoms with van der Waals surface area (Å²) in [6.45, 7) is 2.32. The van der Waals surface area contributed by atoms with Crippen molar-refractivity contribution < 1.29 is 13.2 Å². The number of hydrogen-bond acceptors (Lipinski definition) is 4. The molecule has 0 spiro atoms. The summed E-state index contributed by atoms with van der Waals surface area (Å²) in [4.78, 5) is 0.225. The summed E-state index contributed by atoms with van der Waals surface area (Å²) in [6.07, 6.45) is 2.13. The van der Waals surface area contributed by atoms with Gasteiger partial charge in [0.05, 0.1) is 9.92 Å². The van der Waals surface area contributed by atoms with Crippen molar-refractivity contribution in [2.24, 2.45) is 5.92 Å². The number of nitrogens with one attached hydrogen (secondary N) is 2. The number of halogens is 1. The lowest BCUT2D eigenvalue weighted by Crippen LogP contribution is -2.38. The Morgan fingerprint density at radius 3 is 2.60 bits per heavy atom. The Morgan fingerprint density at radius 2 is 1.92 bits per heavy atom. The highest BCUT2D eigenvalue weighted by Crippen LogP contribution is 2.29. The lowest BCUT2D eigenvalue weighted by molar-refractivity contribution is 0.376. The molecule has 1 fully saturated rings. The third kappa shape index (κ3) is 4.95. The Labute approximate surface area is 153 Å². The van der Waals surface area contributed by atoms with Crippen molar-refractivity contribution in [3.8, 4) is 11.5 Å². The third-order valence-corrected chi connectivity index (χ3v) is 5.91. The van der Waals surface area contributed by atoms with Crippen LogP contribution in [0.2, 0.25) is 5.02 Å². The van der Waals surface area contributed by atoms with Gasteiger partial charge < -0.3 is 10.1 Å². The second-order valence-corrected chi connectivity index (χ2v) is 8.24. The zero-order chi connectivity index (χ0) is 17.7. The molecule has 0 saturated carbocycles. The molecule has 1 heterocycles. The first-order valence-electron chi connectivity index (χ1n) is 8.27. The molecule has 134 valence electrons. The molecular formula is C18H21ClN2O3S. The predicted octanol–water partition coefficient (Wildman–Crippen LogP) is 3.41. The highest BCUT2D eigenvalue weighted by atomic mass is 35.5. The maximum Gasteiger partial charge on any atom is 0.240 e. The maximum absolute atomic E-state index is 12.4. The zero-order valence-electron chi connectivity index (χ0n) is 13.7. The fourth-order valence-electron chi connectivity index (χ4n) is 2.75. The quantitative estimate of drug-likeness (QED) is 0.805. The van der Waals surface area contributed by atoms with E-state index in [0.717, 1.165) is 25.9 Å². The average molecular weight is 381 g/mol. The molecule has 0 amide bonds. The maximum atomic E-state index is 12.4. The summed E-state index contributed by atoms with van der Waals surface area (Å²) >= 11 is 6.06. The molecule has 0 aliphatic carbocycles. The predicted molar refractivity (Wildman–Crippen MR) is 98.8 cm³/mol. The van der Waals surface area contributed by atoms with Gasteiger partial charge in [-0.25, -0.2) is 13.1 Å². The molecule has 7 heteroatoms. The van der Waals surface area contributed by atoms with Crippen LogP contribution < -0.4 is 14.8 Å². The molecule has 5 nitrogen and oxygen atoms in total. The van der Waals surface area contributed by atoms with Crippen LogP contribution in [0.3, 0.4) is 0 Å². The van der Waals surface area contributed by atoms with Crippen molar-refractivity contribution in [1.29, 1.82) is 0 Å². The first kappa shape index (κ1) is 18.2. The molecule has 1 saturated heterocycles. The van der Waals surface area contributed by atoms with E-state index >= 15 is 0 Å². The van der Waals surface area contributed by atoms with E-state index in [2.05, 4.69) is 10.0 Å². The van der Waals surface area contributed by atoms with Crippen LogP contribution in [-0.4, -0.2) is 28.1 Å². The van der Waals surface area contributed by atoms with Crippen LogP contribution in [0.1, 0.15) is 12.8 Å². The second kappa shape index (κ2) is 8.19. The van der Waals surface area contributed by atoms with Gasteiger partial charge in [-0.2, -0.15) is 0 Å². The molecule has 1 atom stereocenters. The van der Waals surface area contributed by atoms with Gasteiger partial charge in [-0.05, 0) is 68.2 Å². The van der Waals surface area contributed by atoms with Gasteiger partial charge in [0.25, 0.3) is 0 Å². The standard InChI is InChI=1S/C18H21ClN2O3S/c19-17-5-1-2-6-18(17)24-15-7-9-16(10-8-15)25(22,23)21-13-14-4-3-11-20-12-14/h1-2,5-10,14,20-21H,3-4,11-13H2. The number of para-hydroxylation sites is 1. The summed E-state index contributed by atoms with van der Waals surface area (Å²) < 4.78 is 33.2. The monoisotopic (exact) mass is 380 g/mol. The van der Waals surface area contributed by atoms with Crippen LogP contribution in [0.4, 0.5) is 0 Å². The lowest BCUT2D eigenvalue weighted by Gasteiger charge is -2.22. The van der Waals surface area contributed by atoms with Gasteiger partial charge >= 0.3 is 0 Å². The number of hydrogen-bond donors (Lipinski definition) is 2. The molecule has 0 aromatic heterocycles. The van der Waals surface area contributed by atoms with E-state index in [4.69, 9.17) is 16.3 Å². The minimum Gasteiger partial charge on any atom is -0.456 e. The lowest BCUT2D eigenvalue weighted by atomic mass is 10.0. The first-order chi connectivity index (χ1) is 12.0. The van der Waals surface area contributed by atoms with Gasteiger partial charge in [-0.3, -0.25) is 0 Å². The van der Waals surface area contributed by atoms with Crippen LogP contribution in [0.5, 0.6) is 11.5 Å². The normalized spacial score (nSPS) is 18.0. The minimum absolute atomic E-state index is 0.225. The SMILES string of the molecule is O=S(=O)(NCC1CCCNC1)c1ccc(Oc2ccccc2Cl)cc1. The van der Waals surface area contributed by atoms with Gasteiger partial charge in [0.15, 0.2) is 0 Å². The van der Waals surface area contributed by atoms with E-state index in [9.17, 15) is 8.42 Å². The molecule has 0 bridgehead atoms. The minimum atomic E-state index is -3.52. The van der Waals surface area contributed by atoms with E-state index in [-0.39, 0.29) is 4.90 Å². The van der Waals surface area contributed by atoms with Crippen molar-refractivity contribution in [2.75, 3.05) is 19.6 Å². The molecular weight excluding hydrogens is 360 g/mol. The Balaban J connectivity index is 1.63. The van der Waals surface area contributed by atoms with Gasteiger partial charge in [0, 0.05) is 6.54 Å². The van der Waals surface area contributed by atoms with E-state index in [0.29, 0.717) is 29.0 Å². The van der Waals surface area contributed by atoms with Gasteiger partial charge in [0.1, 0.15) is 11.5 Å². The average Bonchev–Trinajstić information content (AvgIpc) is 2.63. The van der Waals surface area contributed by atoms with Crippen LogP contribution in [0.25, 0.3) is 0 Å². The molecule has 2 N–H and O–H groups in total. The second-order valence-electron chi connectivity index (χ2n) is 6.07. The zero-order valence-corrected chi connectivity index (χ0v) is 15.3. The largest absolute Gasteiger partial charge is 0.456 e. The van der Waals surface area contributed by atoms with Crippen molar-refractivity contribution in [2.45, 2.75) is 17.7 Å². The topological polar surface area (TPSA) is 67.4 Å². The third-order valence-electron chi connectivity index (χ3n) is 4.16. The number of benzene rings is 2. The first-order valence-corrected chi connectivity index (χ1v) is 10.1. The molecule has 2 aromatic carbocycles. The summed E-state index contributed by atoms with van der Waals surface area (Å²) in [5.41, 5.74) is 0. The number of rotatable bonds is 6. The number of ether oxygens (including phenoxy) is 1. The molecule has 1 unspecified atom stereocenters. The summed E-state index contributed by atoms with van der Waals surface area (Å²) in [5.74, 6) is 1.40. The Bertz CT molecular complexity index is 803. The van der Waals surface area contributed by atoms with Crippen LogP contribution in [-0.2, 0) is 10.0 Å².